The number of rotatable bonds is 5. The van der Waals surface area contributed by atoms with Crippen molar-refractivity contribution in [2.45, 2.75) is 77.7 Å². The van der Waals surface area contributed by atoms with Gasteiger partial charge in [-0.3, -0.25) is 4.79 Å². The Balaban J connectivity index is 1.69. The van der Waals surface area contributed by atoms with Gasteiger partial charge in [0.05, 0.1) is 0 Å². The van der Waals surface area contributed by atoms with Crippen LogP contribution in [0.2, 0.25) is 0 Å². The van der Waals surface area contributed by atoms with Gasteiger partial charge in [-0.15, -0.1) is 0 Å². The standard InChI is InChI=1S/C21H35N3O2/c1-16(2)7-13-23-11-5-8-21(10-14-23)9-6-12-24(21)20(25)18-15-19(17(3)4)26-22-18/h15-17H,5-14H2,1-4H3/t21-/m0/s1. The van der Waals surface area contributed by atoms with Gasteiger partial charge in [-0.25, -0.2) is 0 Å². The summed E-state index contributed by atoms with van der Waals surface area (Å²) < 4.78 is 5.37. The summed E-state index contributed by atoms with van der Waals surface area (Å²) in [5.74, 6) is 1.86. The highest BCUT2D eigenvalue weighted by Crippen LogP contribution is 2.39. The van der Waals surface area contributed by atoms with Crippen LogP contribution in [0.25, 0.3) is 0 Å². The molecule has 0 aliphatic carbocycles. The lowest BCUT2D eigenvalue weighted by atomic mass is 9.87. The number of aromatic nitrogens is 1. The molecule has 0 N–H and O–H groups in total. The summed E-state index contributed by atoms with van der Waals surface area (Å²) in [6.45, 7) is 13.0. The molecule has 0 radical (unpaired) electrons. The summed E-state index contributed by atoms with van der Waals surface area (Å²) in [5.41, 5.74) is 0.511. The van der Waals surface area contributed by atoms with Gasteiger partial charge < -0.3 is 14.3 Å². The summed E-state index contributed by atoms with van der Waals surface area (Å²) in [7, 11) is 0. The highest BCUT2D eigenvalue weighted by molar-refractivity contribution is 5.93. The summed E-state index contributed by atoms with van der Waals surface area (Å²) in [4.78, 5) is 17.9. The first kappa shape index (κ1) is 19.4. The van der Waals surface area contributed by atoms with E-state index >= 15 is 0 Å². The topological polar surface area (TPSA) is 49.6 Å². The molecule has 1 amide bonds. The molecule has 146 valence electrons. The Labute approximate surface area is 158 Å². The maximum Gasteiger partial charge on any atom is 0.276 e. The fourth-order valence-electron chi connectivity index (χ4n) is 4.47. The van der Waals surface area contributed by atoms with Gasteiger partial charge in [-0.1, -0.05) is 32.9 Å². The van der Waals surface area contributed by atoms with Crippen molar-refractivity contribution in [3.8, 4) is 0 Å². The molecule has 1 aromatic rings. The Bertz CT molecular complexity index is 610. The fourth-order valence-corrected chi connectivity index (χ4v) is 4.47. The van der Waals surface area contributed by atoms with Crippen molar-refractivity contribution in [3.05, 3.63) is 17.5 Å². The van der Waals surface area contributed by atoms with Crippen LogP contribution in [0.1, 0.15) is 88.4 Å². The van der Waals surface area contributed by atoms with E-state index in [2.05, 4.69) is 42.7 Å². The Morgan fingerprint density at radius 1 is 1.15 bits per heavy atom. The number of likely N-dealkylation sites (tertiary alicyclic amines) is 2. The van der Waals surface area contributed by atoms with Crippen LogP contribution in [0.4, 0.5) is 0 Å². The van der Waals surface area contributed by atoms with Crippen molar-refractivity contribution in [1.82, 2.24) is 15.0 Å². The molecule has 26 heavy (non-hydrogen) atoms. The number of carbonyl (C=O) groups is 1. The van der Waals surface area contributed by atoms with Crippen molar-refractivity contribution < 1.29 is 9.32 Å². The SMILES string of the molecule is CC(C)CCN1CCC[C@]2(CCCN2C(=O)c2cc(C(C)C)on2)CC1. The van der Waals surface area contributed by atoms with Crippen LogP contribution in [0, 0.1) is 5.92 Å². The number of hydrogen-bond donors (Lipinski definition) is 0. The monoisotopic (exact) mass is 361 g/mol. The van der Waals surface area contributed by atoms with E-state index in [0.29, 0.717) is 5.69 Å². The smallest absolute Gasteiger partial charge is 0.276 e. The minimum absolute atomic E-state index is 0.0284. The van der Waals surface area contributed by atoms with Crippen LogP contribution in [-0.4, -0.2) is 52.6 Å². The highest BCUT2D eigenvalue weighted by atomic mass is 16.5. The Morgan fingerprint density at radius 3 is 2.54 bits per heavy atom. The maximum atomic E-state index is 13.2. The fraction of sp³-hybridized carbons (Fsp3) is 0.810. The summed E-state index contributed by atoms with van der Waals surface area (Å²) in [6.07, 6.45) is 6.88. The summed E-state index contributed by atoms with van der Waals surface area (Å²) in [6, 6.07) is 1.84. The van der Waals surface area contributed by atoms with E-state index in [9.17, 15) is 4.79 Å². The first-order valence-corrected chi connectivity index (χ1v) is 10.4. The predicted octanol–water partition coefficient (Wildman–Crippen LogP) is 4.30. The van der Waals surface area contributed by atoms with Crippen molar-refractivity contribution in [3.63, 3.8) is 0 Å². The van der Waals surface area contributed by atoms with Crippen LogP contribution in [0.3, 0.4) is 0 Å². The average Bonchev–Trinajstić information content (AvgIpc) is 3.18. The van der Waals surface area contributed by atoms with Gasteiger partial charge >= 0.3 is 0 Å². The van der Waals surface area contributed by atoms with Crippen molar-refractivity contribution >= 4 is 5.91 Å². The largest absolute Gasteiger partial charge is 0.360 e. The number of carbonyl (C=O) groups excluding carboxylic acids is 1. The molecule has 2 saturated heterocycles. The third-order valence-corrected chi connectivity index (χ3v) is 6.19. The van der Waals surface area contributed by atoms with E-state index < -0.39 is 0 Å². The number of amides is 1. The van der Waals surface area contributed by atoms with Crippen molar-refractivity contribution in [2.75, 3.05) is 26.2 Å². The third kappa shape index (κ3) is 4.13. The van der Waals surface area contributed by atoms with Gasteiger partial charge in [0.25, 0.3) is 5.91 Å². The predicted molar refractivity (Wildman–Crippen MR) is 103 cm³/mol. The van der Waals surface area contributed by atoms with Crippen LogP contribution in [0.5, 0.6) is 0 Å². The summed E-state index contributed by atoms with van der Waals surface area (Å²) >= 11 is 0. The van der Waals surface area contributed by atoms with Crippen LogP contribution >= 0.6 is 0 Å². The minimum Gasteiger partial charge on any atom is -0.360 e. The molecule has 0 unspecified atom stereocenters. The van der Waals surface area contributed by atoms with E-state index in [-0.39, 0.29) is 17.4 Å². The van der Waals surface area contributed by atoms with Crippen molar-refractivity contribution in [1.29, 1.82) is 0 Å². The number of hydrogen-bond acceptors (Lipinski definition) is 4. The van der Waals surface area contributed by atoms with E-state index in [1.54, 1.807) is 0 Å². The third-order valence-electron chi connectivity index (χ3n) is 6.19. The van der Waals surface area contributed by atoms with Crippen molar-refractivity contribution in [2.24, 2.45) is 5.92 Å². The second-order valence-electron chi connectivity index (χ2n) is 8.93. The molecular formula is C21H35N3O2. The molecule has 0 aromatic carbocycles. The van der Waals surface area contributed by atoms with E-state index in [1.807, 2.05) is 6.07 Å². The lowest BCUT2D eigenvalue weighted by Gasteiger charge is -2.37. The first-order chi connectivity index (χ1) is 12.4. The first-order valence-electron chi connectivity index (χ1n) is 10.4. The molecule has 2 aliphatic rings. The zero-order valence-electron chi connectivity index (χ0n) is 17.0. The average molecular weight is 362 g/mol. The second kappa shape index (κ2) is 8.12. The van der Waals surface area contributed by atoms with Gasteiger partial charge in [-0.2, -0.15) is 0 Å². The molecule has 5 heteroatoms. The van der Waals surface area contributed by atoms with Gasteiger partial charge in [0, 0.05) is 30.6 Å². The lowest BCUT2D eigenvalue weighted by Crippen LogP contribution is -2.48. The van der Waals surface area contributed by atoms with Gasteiger partial charge in [0.2, 0.25) is 0 Å². The molecule has 1 aromatic heterocycles. The van der Waals surface area contributed by atoms with Gasteiger partial charge in [0.15, 0.2) is 5.69 Å². The van der Waals surface area contributed by atoms with E-state index in [1.165, 1.54) is 19.4 Å². The van der Waals surface area contributed by atoms with Gasteiger partial charge in [-0.05, 0) is 57.5 Å². The molecule has 2 aliphatic heterocycles. The Hall–Kier alpha value is -1.36. The van der Waals surface area contributed by atoms with E-state index in [4.69, 9.17) is 4.52 Å². The molecule has 1 spiro atoms. The maximum absolute atomic E-state index is 13.2. The second-order valence-corrected chi connectivity index (χ2v) is 8.93. The van der Waals surface area contributed by atoms with Crippen LogP contribution in [-0.2, 0) is 0 Å². The molecule has 2 fully saturated rings. The lowest BCUT2D eigenvalue weighted by molar-refractivity contribution is 0.0547. The zero-order valence-corrected chi connectivity index (χ0v) is 17.0. The van der Waals surface area contributed by atoms with Gasteiger partial charge in [0.1, 0.15) is 5.76 Å². The van der Waals surface area contributed by atoms with Crippen LogP contribution < -0.4 is 0 Å². The Kier molecular flexibility index (Phi) is 6.06. The van der Waals surface area contributed by atoms with Crippen LogP contribution in [0.15, 0.2) is 10.6 Å². The normalized spacial score (nSPS) is 24.8. The molecule has 3 heterocycles. The summed E-state index contributed by atoms with van der Waals surface area (Å²) in [5, 5.41) is 4.07. The van der Waals surface area contributed by atoms with E-state index in [0.717, 1.165) is 57.0 Å². The molecule has 1 atom stereocenters. The quantitative estimate of drug-likeness (QED) is 0.784. The minimum atomic E-state index is 0.0284. The Morgan fingerprint density at radius 2 is 1.88 bits per heavy atom. The number of nitrogens with zero attached hydrogens (tertiary/aromatic N) is 3. The zero-order chi connectivity index (χ0) is 18.7. The molecule has 0 saturated carbocycles. The molecule has 0 bridgehead atoms. The molecular weight excluding hydrogens is 326 g/mol. The molecule has 3 rings (SSSR count). The highest BCUT2D eigenvalue weighted by Gasteiger charge is 2.44. The molecule has 5 nitrogen and oxygen atoms in total.